The van der Waals surface area contributed by atoms with Crippen LogP contribution < -0.4 is 16.0 Å². The summed E-state index contributed by atoms with van der Waals surface area (Å²) in [6, 6.07) is 7.12. The second kappa shape index (κ2) is 11.7. The summed E-state index contributed by atoms with van der Waals surface area (Å²) in [5.41, 5.74) is 1.90. The van der Waals surface area contributed by atoms with Crippen molar-refractivity contribution in [1.29, 1.82) is 0 Å². The lowest BCUT2D eigenvalue weighted by Gasteiger charge is -2.41. The van der Waals surface area contributed by atoms with Gasteiger partial charge in [-0.05, 0) is 68.4 Å². The van der Waals surface area contributed by atoms with Crippen LogP contribution in [0.2, 0.25) is 0 Å². The van der Waals surface area contributed by atoms with Crippen molar-refractivity contribution in [3.63, 3.8) is 0 Å². The van der Waals surface area contributed by atoms with Gasteiger partial charge in [-0.2, -0.15) is 0 Å². The van der Waals surface area contributed by atoms with Crippen molar-refractivity contribution in [2.24, 2.45) is 0 Å². The van der Waals surface area contributed by atoms with Crippen LogP contribution >= 0.6 is 11.3 Å². The monoisotopic (exact) mass is 556 g/mol. The summed E-state index contributed by atoms with van der Waals surface area (Å²) in [6.45, 7) is 14.4. The van der Waals surface area contributed by atoms with Gasteiger partial charge in [0.15, 0.2) is 0 Å². The summed E-state index contributed by atoms with van der Waals surface area (Å²) in [5, 5.41) is 9.09. The Morgan fingerprint density at radius 1 is 1.18 bits per heavy atom. The Hall–Kier alpha value is -2.95. The molecule has 0 spiro atoms. The number of hydrogen-bond donors (Lipinski definition) is 3. The molecule has 2 aromatic rings. The molecule has 0 saturated carbocycles. The van der Waals surface area contributed by atoms with E-state index < -0.39 is 11.6 Å². The van der Waals surface area contributed by atoms with E-state index in [1.807, 2.05) is 31.2 Å². The molecule has 0 atom stereocenters. The van der Waals surface area contributed by atoms with Gasteiger partial charge in [0.25, 0.3) is 5.91 Å². The molecule has 2 aliphatic rings. The number of urea groups is 1. The summed E-state index contributed by atoms with van der Waals surface area (Å²) in [6.07, 6.45) is 1.95. The van der Waals surface area contributed by atoms with Crippen LogP contribution in [0.15, 0.2) is 24.3 Å². The van der Waals surface area contributed by atoms with Gasteiger partial charge in [-0.15, -0.1) is 11.3 Å². The number of rotatable bonds is 6. The molecule has 4 rings (SSSR count). The molecule has 0 aliphatic carbocycles. The Bertz CT molecular complexity index is 1230. The number of benzene rings is 1. The van der Waals surface area contributed by atoms with Crippen LogP contribution in [0.4, 0.5) is 15.5 Å². The number of carbonyl (C=O) groups is 3. The van der Waals surface area contributed by atoms with Crippen LogP contribution in [0.1, 0.15) is 73.8 Å². The first kappa shape index (κ1) is 29.0. The molecule has 10 heteroatoms. The first-order valence-electron chi connectivity index (χ1n) is 13.5. The maximum Gasteiger partial charge on any atom is 0.324 e. The number of ether oxygens (including phenoxy) is 2. The van der Waals surface area contributed by atoms with Crippen molar-refractivity contribution < 1.29 is 23.9 Å². The van der Waals surface area contributed by atoms with Gasteiger partial charge in [-0.1, -0.05) is 26.8 Å². The van der Waals surface area contributed by atoms with E-state index in [2.05, 4.69) is 36.7 Å². The van der Waals surface area contributed by atoms with Crippen molar-refractivity contribution in [2.75, 3.05) is 36.9 Å². The molecule has 39 heavy (non-hydrogen) atoms. The number of hydrogen-bond acceptors (Lipinski definition) is 6. The maximum atomic E-state index is 13.7. The lowest BCUT2D eigenvalue weighted by molar-refractivity contribution is -0.133. The van der Waals surface area contributed by atoms with Crippen LogP contribution in [0.5, 0.6) is 0 Å². The van der Waals surface area contributed by atoms with Crippen LogP contribution in [0, 0.1) is 6.92 Å². The minimum absolute atomic E-state index is 0.181. The number of anilines is 2. The number of nitrogens with zero attached hydrogens (tertiary/aromatic N) is 1. The Balaban J connectivity index is 1.50. The van der Waals surface area contributed by atoms with Crippen molar-refractivity contribution >= 4 is 39.9 Å². The molecule has 212 valence electrons. The van der Waals surface area contributed by atoms with Crippen LogP contribution in [-0.2, 0) is 26.3 Å². The molecule has 3 N–H and O–H groups in total. The first-order valence-corrected chi connectivity index (χ1v) is 14.3. The van der Waals surface area contributed by atoms with Crippen LogP contribution in [-0.4, -0.2) is 60.7 Å². The predicted octanol–water partition coefficient (Wildman–Crippen LogP) is 5.04. The zero-order valence-electron chi connectivity index (χ0n) is 23.7. The van der Waals surface area contributed by atoms with Gasteiger partial charge in [0.2, 0.25) is 5.91 Å². The van der Waals surface area contributed by atoms with Crippen molar-refractivity contribution in [3.05, 3.63) is 45.8 Å². The zero-order chi connectivity index (χ0) is 28.4. The number of amides is 4. The smallest absolute Gasteiger partial charge is 0.324 e. The standard InChI is InChI=1S/C29H40N4O5S/c1-18-7-8-20(15-19(18)17-38-21-9-13-37-14-10-21)31-27(36)32-24-22(16-23(39-24)28(2,3)4)25(34)33-12-11-30-26(35)29(33,5)6/h7-8,15-16,21H,9-14,17H2,1-6H3,(H,30,35)(H2,31,32,36). The van der Waals surface area contributed by atoms with Gasteiger partial charge in [0, 0.05) is 36.9 Å². The van der Waals surface area contributed by atoms with E-state index in [9.17, 15) is 14.4 Å². The second-order valence-corrected chi connectivity index (χ2v) is 12.8. The van der Waals surface area contributed by atoms with E-state index in [1.54, 1.807) is 18.7 Å². The minimum atomic E-state index is -0.996. The minimum Gasteiger partial charge on any atom is -0.381 e. The highest BCUT2D eigenvalue weighted by Gasteiger charge is 2.42. The highest BCUT2D eigenvalue weighted by molar-refractivity contribution is 7.16. The Labute approximate surface area is 234 Å². The summed E-state index contributed by atoms with van der Waals surface area (Å²) in [5.74, 6) is -0.476. The Kier molecular flexibility index (Phi) is 8.68. The van der Waals surface area contributed by atoms with E-state index >= 15 is 0 Å². The number of nitrogens with one attached hydrogen (secondary N) is 3. The molecule has 0 unspecified atom stereocenters. The quantitative estimate of drug-likeness (QED) is 0.462. The summed E-state index contributed by atoms with van der Waals surface area (Å²) in [4.78, 5) is 41.9. The van der Waals surface area contributed by atoms with E-state index in [4.69, 9.17) is 9.47 Å². The zero-order valence-corrected chi connectivity index (χ0v) is 24.5. The van der Waals surface area contributed by atoms with E-state index in [1.165, 1.54) is 11.3 Å². The van der Waals surface area contributed by atoms with E-state index in [0.29, 0.717) is 35.9 Å². The second-order valence-electron chi connectivity index (χ2n) is 11.7. The fourth-order valence-corrected chi connectivity index (χ4v) is 5.74. The van der Waals surface area contributed by atoms with Gasteiger partial charge in [0.05, 0.1) is 18.3 Å². The number of thiophene rings is 1. The van der Waals surface area contributed by atoms with Crippen molar-refractivity contribution in [3.8, 4) is 0 Å². The third-order valence-corrected chi connectivity index (χ3v) is 8.75. The molecular formula is C29H40N4O5S. The number of piperazine rings is 1. The van der Waals surface area contributed by atoms with Crippen molar-refractivity contribution in [2.45, 2.75) is 78.0 Å². The first-order chi connectivity index (χ1) is 18.4. The molecule has 0 bridgehead atoms. The molecule has 2 aliphatic heterocycles. The van der Waals surface area contributed by atoms with E-state index in [0.717, 1.165) is 42.1 Å². The number of aryl methyl sites for hydroxylation is 1. The largest absolute Gasteiger partial charge is 0.381 e. The maximum absolute atomic E-state index is 13.7. The van der Waals surface area contributed by atoms with Gasteiger partial charge in [-0.3, -0.25) is 14.9 Å². The summed E-state index contributed by atoms with van der Waals surface area (Å²) in [7, 11) is 0. The average molecular weight is 557 g/mol. The summed E-state index contributed by atoms with van der Waals surface area (Å²) >= 11 is 1.38. The predicted molar refractivity (Wildman–Crippen MR) is 154 cm³/mol. The molecule has 1 aromatic heterocycles. The van der Waals surface area contributed by atoms with Gasteiger partial charge < -0.3 is 25.0 Å². The Morgan fingerprint density at radius 2 is 1.90 bits per heavy atom. The molecule has 2 fully saturated rings. The lowest BCUT2D eigenvalue weighted by atomic mass is 9.93. The Morgan fingerprint density at radius 3 is 2.59 bits per heavy atom. The fourth-order valence-electron chi connectivity index (χ4n) is 4.63. The fraction of sp³-hybridized carbons (Fsp3) is 0.552. The van der Waals surface area contributed by atoms with E-state index in [-0.39, 0.29) is 23.3 Å². The normalized spacial score (nSPS) is 18.0. The topological polar surface area (TPSA) is 109 Å². The van der Waals surface area contributed by atoms with Gasteiger partial charge >= 0.3 is 6.03 Å². The molecular weight excluding hydrogens is 516 g/mol. The number of carbonyl (C=O) groups excluding carboxylic acids is 3. The van der Waals surface area contributed by atoms with Crippen molar-refractivity contribution in [1.82, 2.24) is 10.2 Å². The van der Waals surface area contributed by atoms with Gasteiger partial charge in [0.1, 0.15) is 10.5 Å². The molecule has 4 amide bonds. The average Bonchev–Trinajstić information content (AvgIpc) is 3.30. The van der Waals surface area contributed by atoms with Crippen LogP contribution in [0.3, 0.4) is 0 Å². The third-order valence-electron chi connectivity index (χ3n) is 7.28. The van der Waals surface area contributed by atoms with Gasteiger partial charge in [-0.25, -0.2) is 4.79 Å². The molecule has 1 aromatic carbocycles. The molecule has 9 nitrogen and oxygen atoms in total. The SMILES string of the molecule is Cc1ccc(NC(=O)Nc2sc(C(C)(C)C)cc2C(=O)N2CCNC(=O)C2(C)C)cc1COC1CCOCC1. The lowest BCUT2D eigenvalue weighted by Crippen LogP contribution is -2.63. The highest BCUT2D eigenvalue weighted by Crippen LogP contribution is 2.38. The third kappa shape index (κ3) is 6.80. The summed E-state index contributed by atoms with van der Waals surface area (Å²) < 4.78 is 11.5. The molecule has 3 heterocycles. The molecule has 0 radical (unpaired) electrons. The molecule has 2 saturated heterocycles. The highest BCUT2D eigenvalue weighted by atomic mass is 32.1. The van der Waals surface area contributed by atoms with Crippen LogP contribution in [0.25, 0.3) is 0 Å².